The van der Waals surface area contributed by atoms with Crippen molar-refractivity contribution in [2.24, 2.45) is 5.10 Å². The molecule has 8 heteroatoms. The molecular weight excluding hydrogens is 436 g/mol. The third kappa shape index (κ3) is 4.22. The van der Waals surface area contributed by atoms with Crippen molar-refractivity contribution in [2.45, 2.75) is 12.5 Å². The van der Waals surface area contributed by atoms with Gasteiger partial charge < -0.3 is 10.1 Å². The summed E-state index contributed by atoms with van der Waals surface area (Å²) in [6, 6.07) is 22.8. The Morgan fingerprint density at radius 2 is 1.72 bits per heavy atom. The standard InChI is InChI=1S/C24H20ClF2N3O2/c1-28-24(31)30(19-11-9-18(25)10-12-19)15-21(16-5-3-2-4-6-16)22(29-30)17-7-13-20(14-8-17)32-23(26)27/h2-14,21,23H,15H2,1H3/p+1. The zero-order chi connectivity index (χ0) is 22.7. The van der Waals surface area contributed by atoms with Gasteiger partial charge in [-0.3, -0.25) is 0 Å². The van der Waals surface area contributed by atoms with Crippen molar-refractivity contribution < 1.29 is 18.3 Å². The molecule has 2 amide bonds. The van der Waals surface area contributed by atoms with Crippen LogP contribution in [0.1, 0.15) is 17.0 Å². The van der Waals surface area contributed by atoms with Crippen LogP contribution in [0.15, 0.2) is 84.0 Å². The normalized spacial score (nSPS) is 20.2. The zero-order valence-electron chi connectivity index (χ0n) is 17.2. The lowest BCUT2D eigenvalue weighted by atomic mass is 9.90. The molecule has 2 unspecified atom stereocenters. The number of halogens is 3. The first-order chi connectivity index (χ1) is 15.4. The van der Waals surface area contributed by atoms with Gasteiger partial charge in [0.15, 0.2) is 5.69 Å². The van der Waals surface area contributed by atoms with Crippen molar-refractivity contribution in [3.8, 4) is 5.75 Å². The van der Waals surface area contributed by atoms with E-state index in [1.165, 1.54) is 12.1 Å². The van der Waals surface area contributed by atoms with Crippen LogP contribution in [-0.2, 0) is 0 Å². The fraction of sp³-hybridized carbons (Fsp3) is 0.167. The Morgan fingerprint density at radius 1 is 1.06 bits per heavy atom. The van der Waals surface area contributed by atoms with Crippen molar-refractivity contribution in [2.75, 3.05) is 13.6 Å². The van der Waals surface area contributed by atoms with Crippen LogP contribution in [-0.4, -0.2) is 31.9 Å². The predicted molar refractivity (Wildman–Crippen MR) is 121 cm³/mol. The van der Waals surface area contributed by atoms with Gasteiger partial charge in [-0.15, -0.1) is 0 Å². The van der Waals surface area contributed by atoms with Crippen LogP contribution in [0.25, 0.3) is 0 Å². The lowest BCUT2D eigenvalue weighted by molar-refractivity contribution is -0.0498. The van der Waals surface area contributed by atoms with Crippen LogP contribution in [0.4, 0.5) is 19.3 Å². The van der Waals surface area contributed by atoms with Gasteiger partial charge in [-0.25, -0.2) is 4.79 Å². The summed E-state index contributed by atoms with van der Waals surface area (Å²) in [6.07, 6.45) is 0. The number of rotatable bonds is 5. The van der Waals surface area contributed by atoms with E-state index in [2.05, 4.69) is 10.1 Å². The minimum atomic E-state index is -2.90. The van der Waals surface area contributed by atoms with Crippen molar-refractivity contribution in [1.29, 1.82) is 0 Å². The molecule has 5 nitrogen and oxygen atoms in total. The second-order valence-electron chi connectivity index (χ2n) is 7.33. The van der Waals surface area contributed by atoms with E-state index >= 15 is 0 Å². The third-order valence-electron chi connectivity index (χ3n) is 5.44. The molecule has 2 atom stereocenters. The van der Waals surface area contributed by atoms with Gasteiger partial charge in [-0.1, -0.05) is 51.6 Å². The molecule has 3 aromatic rings. The Hall–Kier alpha value is -3.29. The van der Waals surface area contributed by atoms with E-state index in [4.69, 9.17) is 16.7 Å². The molecular formula is C24H21ClF2N3O2+. The average molecular weight is 457 g/mol. The topological polar surface area (TPSA) is 50.7 Å². The van der Waals surface area contributed by atoms with E-state index in [-0.39, 0.29) is 22.3 Å². The number of nitrogens with zero attached hydrogens (tertiary/aromatic N) is 2. The van der Waals surface area contributed by atoms with Gasteiger partial charge >= 0.3 is 12.6 Å². The van der Waals surface area contributed by atoms with Gasteiger partial charge in [0.2, 0.25) is 0 Å². The van der Waals surface area contributed by atoms with Crippen LogP contribution in [0.5, 0.6) is 5.75 Å². The van der Waals surface area contributed by atoms with E-state index in [1.807, 2.05) is 30.3 Å². The predicted octanol–water partition coefficient (Wildman–Crippen LogP) is 5.79. The molecule has 32 heavy (non-hydrogen) atoms. The molecule has 1 N–H and O–H groups in total. The molecule has 0 fully saturated rings. The van der Waals surface area contributed by atoms with Crippen LogP contribution >= 0.6 is 11.6 Å². The van der Waals surface area contributed by atoms with Gasteiger partial charge in [-0.2, -0.15) is 8.78 Å². The summed E-state index contributed by atoms with van der Waals surface area (Å²) < 4.78 is 29.3. The largest absolute Gasteiger partial charge is 0.448 e. The van der Waals surface area contributed by atoms with Crippen LogP contribution in [0.2, 0.25) is 5.02 Å². The van der Waals surface area contributed by atoms with Crippen molar-refractivity contribution in [1.82, 2.24) is 9.91 Å². The second kappa shape index (κ2) is 9.06. The maximum Gasteiger partial charge on any atom is 0.448 e. The number of amides is 2. The number of carbonyl (C=O) groups excluding carboxylic acids is 1. The molecule has 0 radical (unpaired) electrons. The monoisotopic (exact) mass is 456 g/mol. The first-order valence-electron chi connectivity index (χ1n) is 10.00. The molecule has 0 aromatic heterocycles. The quantitative estimate of drug-likeness (QED) is 0.494. The fourth-order valence-electron chi connectivity index (χ4n) is 3.94. The van der Waals surface area contributed by atoms with Gasteiger partial charge in [-0.05, 0) is 42.0 Å². The van der Waals surface area contributed by atoms with E-state index in [0.29, 0.717) is 23.0 Å². The Balaban J connectivity index is 1.84. The minimum Gasteiger partial charge on any atom is -0.435 e. The fourth-order valence-corrected chi connectivity index (χ4v) is 4.07. The molecule has 0 aliphatic carbocycles. The summed E-state index contributed by atoms with van der Waals surface area (Å²) in [6.45, 7) is -2.54. The number of ether oxygens (including phenoxy) is 1. The second-order valence-corrected chi connectivity index (χ2v) is 7.77. The average Bonchev–Trinajstić information content (AvgIpc) is 3.22. The molecule has 0 bridgehead atoms. The number of quaternary nitrogens is 1. The first-order valence-corrected chi connectivity index (χ1v) is 10.4. The van der Waals surface area contributed by atoms with Gasteiger partial charge in [0.1, 0.15) is 18.0 Å². The summed E-state index contributed by atoms with van der Waals surface area (Å²) in [5.41, 5.74) is 3.07. The Morgan fingerprint density at radius 3 is 2.31 bits per heavy atom. The number of alkyl halides is 2. The summed E-state index contributed by atoms with van der Waals surface area (Å²) in [5, 5.41) is 8.20. The maximum absolute atomic E-state index is 13.2. The van der Waals surface area contributed by atoms with E-state index in [1.54, 1.807) is 43.4 Å². The van der Waals surface area contributed by atoms with Crippen LogP contribution < -0.4 is 14.6 Å². The Bertz CT molecular complexity index is 1120. The number of hydrogen-bond donors (Lipinski definition) is 1. The summed E-state index contributed by atoms with van der Waals surface area (Å²) in [7, 11) is 1.57. The first kappa shape index (κ1) is 21.9. The summed E-state index contributed by atoms with van der Waals surface area (Å²) >= 11 is 6.07. The van der Waals surface area contributed by atoms with Crippen molar-refractivity contribution in [3.05, 3.63) is 95.0 Å². The van der Waals surface area contributed by atoms with E-state index in [9.17, 15) is 13.6 Å². The lowest BCUT2D eigenvalue weighted by Crippen LogP contribution is -2.53. The van der Waals surface area contributed by atoms with E-state index in [0.717, 1.165) is 11.1 Å². The van der Waals surface area contributed by atoms with Gasteiger partial charge in [0.25, 0.3) is 0 Å². The highest BCUT2D eigenvalue weighted by Crippen LogP contribution is 2.38. The van der Waals surface area contributed by atoms with Crippen LogP contribution in [0, 0.1) is 0 Å². The molecule has 164 valence electrons. The Labute approximate surface area is 189 Å². The maximum atomic E-state index is 13.2. The number of carbonyl (C=O) groups is 1. The SMILES string of the molecule is CNC(=O)[N+]1(c2ccc(Cl)cc2)CC(c2ccccc2)C(c2ccc(OC(F)F)cc2)=N1. The molecule has 1 aliphatic rings. The number of hydrogen-bond acceptors (Lipinski definition) is 3. The van der Waals surface area contributed by atoms with E-state index < -0.39 is 6.61 Å². The molecule has 1 heterocycles. The smallest absolute Gasteiger partial charge is 0.435 e. The van der Waals surface area contributed by atoms with Gasteiger partial charge in [0.05, 0.1) is 5.92 Å². The molecule has 1 aliphatic heterocycles. The summed E-state index contributed by atoms with van der Waals surface area (Å²) in [4.78, 5) is 13.2. The molecule has 0 spiro atoms. The van der Waals surface area contributed by atoms with Crippen LogP contribution in [0.3, 0.4) is 0 Å². The van der Waals surface area contributed by atoms with Crippen molar-refractivity contribution in [3.63, 3.8) is 0 Å². The van der Waals surface area contributed by atoms with Gasteiger partial charge in [0, 0.05) is 29.8 Å². The minimum absolute atomic E-state index is 0.0587. The molecule has 4 rings (SSSR count). The highest BCUT2D eigenvalue weighted by Gasteiger charge is 2.50. The lowest BCUT2D eigenvalue weighted by Gasteiger charge is -2.25. The van der Waals surface area contributed by atoms with Crippen molar-refractivity contribution >= 4 is 29.0 Å². The highest BCUT2D eigenvalue weighted by molar-refractivity contribution is 6.30. The zero-order valence-corrected chi connectivity index (χ0v) is 18.0. The Kier molecular flexibility index (Phi) is 6.21. The number of urea groups is 1. The highest BCUT2D eigenvalue weighted by atomic mass is 35.5. The molecule has 0 saturated carbocycles. The number of benzene rings is 3. The molecule has 3 aromatic carbocycles. The molecule has 0 saturated heterocycles. The number of nitrogens with one attached hydrogen (secondary N) is 1. The summed E-state index contributed by atoms with van der Waals surface area (Å²) in [5.74, 6) is -0.144. The third-order valence-corrected chi connectivity index (χ3v) is 5.69.